The van der Waals surface area contributed by atoms with Gasteiger partial charge in [0.15, 0.2) is 0 Å². The van der Waals surface area contributed by atoms with Gasteiger partial charge in [-0.2, -0.15) is 0 Å². The number of carbonyl (C=O) groups excluding carboxylic acids is 1. The number of sulfonamides is 1. The highest BCUT2D eigenvalue weighted by molar-refractivity contribution is 7.89. The Labute approximate surface area is 197 Å². The summed E-state index contributed by atoms with van der Waals surface area (Å²) in [5.74, 6) is -0.489. The predicted molar refractivity (Wildman–Crippen MR) is 124 cm³/mol. The molecule has 0 saturated heterocycles. The topological polar surface area (TPSA) is 81.7 Å². The Morgan fingerprint density at radius 2 is 1.82 bits per heavy atom. The van der Waals surface area contributed by atoms with Crippen molar-refractivity contribution >= 4 is 27.6 Å². The number of rotatable bonds is 9. The van der Waals surface area contributed by atoms with E-state index in [0.29, 0.717) is 22.8 Å². The molecule has 6 nitrogen and oxygen atoms in total. The Morgan fingerprint density at radius 3 is 2.48 bits per heavy atom. The molecular weight excluding hydrogens is 469 g/mol. The van der Waals surface area contributed by atoms with Crippen molar-refractivity contribution in [1.29, 1.82) is 0 Å². The second-order valence-electron chi connectivity index (χ2n) is 7.25. The monoisotopic (exact) mass is 491 g/mol. The van der Waals surface area contributed by atoms with E-state index in [-0.39, 0.29) is 29.2 Å². The summed E-state index contributed by atoms with van der Waals surface area (Å²) in [4.78, 5) is 11.8. The van der Waals surface area contributed by atoms with E-state index in [1.165, 1.54) is 31.4 Å². The van der Waals surface area contributed by atoms with Crippen molar-refractivity contribution in [3.63, 3.8) is 0 Å². The van der Waals surface area contributed by atoms with Gasteiger partial charge in [0.25, 0.3) is 0 Å². The standard InChI is InChI=1S/C24H23ClFNO5S/c1-16-6-11-19(14-20(16)24(28)31-2)33(29,30)27-13-12-17-7-9-18(10-8-17)32-15-21-22(25)4-3-5-23(21)26/h3-11,14,27H,12-13,15H2,1-2H3. The molecule has 3 aromatic carbocycles. The van der Waals surface area contributed by atoms with Gasteiger partial charge in [-0.25, -0.2) is 22.3 Å². The zero-order valence-corrected chi connectivity index (χ0v) is 19.7. The van der Waals surface area contributed by atoms with Gasteiger partial charge in [-0.3, -0.25) is 0 Å². The molecule has 0 aliphatic rings. The third kappa shape index (κ3) is 6.31. The molecule has 3 aromatic rings. The molecule has 1 N–H and O–H groups in total. The maximum atomic E-state index is 13.8. The van der Waals surface area contributed by atoms with Gasteiger partial charge in [-0.05, 0) is 60.9 Å². The number of benzene rings is 3. The van der Waals surface area contributed by atoms with Crippen molar-refractivity contribution < 1.29 is 27.1 Å². The lowest BCUT2D eigenvalue weighted by molar-refractivity contribution is 0.0599. The second-order valence-corrected chi connectivity index (χ2v) is 9.42. The van der Waals surface area contributed by atoms with Crippen molar-refractivity contribution in [1.82, 2.24) is 4.72 Å². The molecule has 0 bridgehead atoms. The van der Waals surface area contributed by atoms with Crippen molar-refractivity contribution in [2.24, 2.45) is 0 Å². The first-order valence-electron chi connectivity index (χ1n) is 10.0. The van der Waals surface area contributed by atoms with Crippen LogP contribution < -0.4 is 9.46 Å². The molecule has 3 rings (SSSR count). The molecule has 0 aromatic heterocycles. The number of carbonyl (C=O) groups is 1. The Hall–Kier alpha value is -2.94. The van der Waals surface area contributed by atoms with Crippen LogP contribution >= 0.6 is 11.6 Å². The maximum absolute atomic E-state index is 13.8. The highest BCUT2D eigenvalue weighted by Crippen LogP contribution is 2.22. The van der Waals surface area contributed by atoms with Crippen molar-refractivity contribution in [2.45, 2.75) is 24.8 Å². The summed E-state index contributed by atoms with van der Waals surface area (Å²) in [6.45, 7) is 1.86. The molecule has 0 spiro atoms. The highest BCUT2D eigenvalue weighted by atomic mass is 35.5. The van der Waals surface area contributed by atoms with Crippen molar-refractivity contribution in [3.05, 3.63) is 93.8 Å². The van der Waals surface area contributed by atoms with Gasteiger partial charge in [0.2, 0.25) is 10.0 Å². The first kappa shape index (κ1) is 24.7. The number of nitrogens with one attached hydrogen (secondary N) is 1. The van der Waals surface area contributed by atoms with Crippen molar-refractivity contribution in [3.8, 4) is 5.75 Å². The van der Waals surface area contributed by atoms with Crippen LogP contribution in [0.5, 0.6) is 5.75 Å². The van der Waals surface area contributed by atoms with Gasteiger partial charge in [-0.15, -0.1) is 0 Å². The van der Waals surface area contributed by atoms with Crippen LogP contribution in [0.4, 0.5) is 4.39 Å². The summed E-state index contributed by atoms with van der Waals surface area (Å²) in [7, 11) is -2.55. The van der Waals surface area contributed by atoms with Gasteiger partial charge >= 0.3 is 5.97 Å². The quantitative estimate of drug-likeness (QED) is 0.440. The summed E-state index contributed by atoms with van der Waals surface area (Å²) in [5.41, 5.74) is 1.99. The number of ether oxygens (including phenoxy) is 2. The first-order valence-corrected chi connectivity index (χ1v) is 11.9. The molecule has 0 unspecified atom stereocenters. The van der Waals surface area contributed by atoms with E-state index in [9.17, 15) is 17.6 Å². The van der Waals surface area contributed by atoms with Crippen molar-refractivity contribution in [2.75, 3.05) is 13.7 Å². The largest absolute Gasteiger partial charge is 0.489 e. The molecule has 0 heterocycles. The maximum Gasteiger partial charge on any atom is 0.338 e. The lowest BCUT2D eigenvalue weighted by atomic mass is 10.1. The fraction of sp³-hybridized carbons (Fsp3) is 0.208. The van der Waals surface area contributed by atoms with Crippen LogP contribution in [0.1, 0.15) is 27.0 Å². The normalized spacial score (nSPS) is 11.3. The predicted octanol–water partition coefficient (Wildman–Crippen LogP) is 4.67. The van der Waals surface area contributed by atoms with Crippen LogP contribution in [-0.4, -0.2) is 28.0 Å². The molecule has 0 radical (unpaired) electrons. The number of esters is 1. The van der Waals surface area contributed by atoms with Gasteiger partial charge in [0.05, 0.1) is 22.6 Å². The highest BCUT2D eigenvalue weighted by Gasteiger charge is 2.18. The summed E-state index contributed by atoms with van der Waals surface area (Å²) in [6.07, 6.45) is 0.439. The van der Waals surface area contributed by atoms with E-state index >= 15 is 0 Å². The smallest absolute Gasteiger partial charge is 0.338 e. The number of halogens is 2. The summed E-state index contributed by atoms with van der Waals surface area (Å²) >= 11 is 6.00. The van der Waals surface area contributed by atoms with Crippen LogP contribution in [0.25, 0.3) is 0 Å². The number of aryl methyl sites for hydroxylation is 1. The lowest BCUT2D eigenvalue weighted by Crippen LogP contribution is -2.26. The summed E-state index contributed by atoms with van der Waals surface area (Å²) in [6, 6.07) is 15.8. The zero-order chi connectivity index (χ0) is 24.0. The molecule has 0 aliphatic heterocycles. The molecule has 33 heavy (non-hydrogen) atoms. The minimum absolute atomic E-state index is 0.00519. The fourth-order valence-corrected chi connectivity index (χ4v) is 4.36. The van der Waals surface area contributed by atoms with E-state index in [1.807, 2.05) is 0 Å². The molecule has 0 fully saturated rings. The van der Waals surface area contributed by atoms with E-state index in [1.54, 1.807) is 43.3 Å². The van der Waals surface area contributed by atoms with Crippen LogP contribution in [0, 0.1) is 12.7 Å². The van der Waals surface area contributed by atoms with Gasteiger partial charge < -0.3 is 9.47 Å². The van der Waals surface area contributed by atoms with Crippen LogP contribution in [0.2, 0.25) is 5.02 Å². The Balaban J connectivity index is 1.57. The molecule has 0 amide bonds. The summed E-state index contributed by atoms with van der Waals surface area (Å²) in [5, 5.41) is 0.297. The van der Waals surface area contributed by atoms with E-state index in [4.69, 9.17) is 21.1 Å². The van der Waals surface area contributed by atoms with Gasteiger partial charge in [-0.1, -0.05) is 35.9 Å². The third-order valence-electron chi connectivity index (χ3n) is 5.00. The Bertz CT molecular complexity index is 1230. The minimum Gasteiger partial charge on any atom is -0.489 e. The van der Waals surface area contributed by atoms with Crippen LogP contribution in [0.15, 0.2) is 65.6 Å². The van der Waals surface area contributed by atoms with E-state index in [2.05, 4.69) is 4.72 Å². The molecule has 0 aliphatic carbocycles. The third-order valence-corrected chi connectivity index (χ3v) is 6.81. The average Bonchev–Trinajstić information content (AvgIpc) is 2.79. The molecule has 174 valence electrons. The van der Waals surface area contributed by atoms with Gasteiger partial charge in [0.1, 0.15) is 18.2 Å². The average molecular weight is 492 g/mol. The van der Waals surface area contributed by atoms with Gasteiger partial charge in [0, 0.05) is 12.1 Å². The SMILES string of the molecule is COC(=O)c1cc(S(=O)(=O)NCCc2ccc(OCc3c(F)cccc3Cl)cc2)ccc1C. The zero-order valence-electron chi connectivity index (χ0n) is 18.1. The molecule has 0 atom stereocenters. The van der Waals surface area contributed by atoms with E-state index < -0.39 is 21.8 Å². The van der Waals surface area contributed by atoms with E-state index in [0.717, 1.165) is 5.56 Å². The summed E-state index contributed by atoms with van der Waals surface area (Å²) < 4.78 is 51.9. The Morgan fingerprint density at radius 1 is 1.09 bits per heavy atom. The number of methoxy groups -OCH3 is 1. The number of hydrogen-bond donors (Lipinski definition) is 1. The number of hydrogen-bond acceptors (Lipinski definition) is 5. The van der Waals surface area contributed by atoms with Crippen LogP contribution in [0.3, 0.4) is 0 Å². The molecule has 9 heteroatoms. The first-order chi connectivity index (χ1) is 15.7. The minimum atomic E-state index is -3.80. The van der Waals surface area contributed by atoms with Crippen LogP contribution in [-0.2, 0) is 27.8 Å². The fourth-order valence-electron chi connectivity index (χ4n) is 3.09. The Kier molecular flexibility index (Phi) is 8.07. The lowest BCUT2D eigenvalue weighted by Gasteiger charge is -2.11. The molecule has 0 saturated carbocycles. The second kappa shape index (κ2) is 10.8. The molecular formula is C24H23ClFNO5S.